The zero-order chi connectivity index (χ0) is 21.9. The highest BCUT2D eigenvalue weighted by Gasteiger charge is 2.28. The Morgan fingerprint density at radius 3 is 2.17 bits per heavy atom. The van der Waals surface area contributed by atoms with Gasteiger partial charge in [-0.15, -0.1) is 0 Å². The van der Waals surface area contributed by atoms with Crippen LogP contribution in [0, 0.1) is 13.8 Å². The van der Waals surface area contributed by atoms with Crippen LogP contribution in [0.3, 0.4) is 0 Å². The van der Waals surface area contributed by atoms with Gasteiger partial charge in [0.05, 0.1) is 10.6 Å². The Morgan fingerprint density at radius 2 is 1.57 bits per heavy atom. The van der Waals surface area contributed by atoms with Crippen molar-refractivity contribution in [1.82, 2.24) is 0 Å². The number of amides is 1. The summed E-state index contributed by atoms with van der Waals surface area (Å²) in [7, 11) is -3.97. The normalized spacial score (nSPS) is 11.2. The Morgan fingerprint density at radius 1 is 0.933 bits per heavy atom. The third-order valence-electron chi connectivity index (χ3n) is 4.39. The van der Waals surface area contributed by atoms with E-state index in [1.807, 2.05) is 26.0 Å². The Bertz CT molecular complexity index is 1160. The fraction of sp³-hybridized carbons (Fsp3) is 0.136. The number of hydrogen-bond acceptors (Lipinski definition) is 3. The molecule has 3 aromatic carbocycles. The van der Waals surface area contributed by atoms with E-state index in [4.69, 9.17) is 23.2 Å². The summed E-state index contributed by atoms with van der Waals surface area (Å²) < 4.78 is 27.8. The first-order valence-corrected chi connectivity index (χ1v) is 11.3. The first-order chi connectivity index (χ1) is 14.2. The first-order valence-electron chi connectivity index (χ1n) is 9.08. The molecular weight excluding hydrogens is 443 g/mol. The predicted octanol–water partition coefficient (Wildman–Crippen LogP) is 5.44. The SMILES string of the molecule is Cc1ccc(N(CC(=O)Nc2cc(Cl)cc(Cl)c2)S(=O)(=O)c2ccccc2)c(C)c1. The molecule has 0 bridgehead atoms. The van der Waals surface area contributed by atoms with Gasteiger partial charge in [-0.3, -0.25) is 9.10 Å². The lowest BCUT2D eigenvalue weighted by molar-refractivity contribution is -0.114. The summed E-state index contributed by atoms with van der Waals surface area (Å²) in [5, 5.41) is 3.39. The lowest BCUT2D eigenvalue weighted by atomic mass is 10.1. The average Bonchev–Trinajstić information content (AvgIpc) is 2.66. The van der Waals surface area contributed by atoms with Gasteiger partial charge < -0.3 is 5.32 Å². The molecule has 3 rings (SSSR count). The number of rotatable bonds is 6. The maximum absolute atomic E-state index is 13.4. The van der Waals surface area contributed by atoms with Crippen molar-refractivity contribution in [2.45, 2.75) is 18.7 Å². The number of anilines is 2. The van der Waals surface area contributed by atoms with Crippen LogP contribution >= 0.6 is 23.2 Å². The molecule has 1 amide bonds. The number of halogens is 2. The molecule has 0 fully saturated rings. The van der Waals surface area contributed by atoms with Crippen LogP contribution in [0.25, 0.3) is 0 Å². The molecule has 0 spiro atoms. The van der Waals surface area contributed by atoms with Crippen LogP contribution in [0.15, 0.2) is 71.6 Å². The number of carbonyl (C=O) groups is 1. The summed E-state index contributed by atoms with van der Waals surface area (Å²) in [5.74, 6) is -0.521. The zero-order valence-electron chi connectivity index (χ0n) is 16.4. The Kier molecular flexibility index (Phi) is 6.71. The van der Waals surface area contributed by atoms with Gasteiger partial charge in [0.2, 0.25) is 5.91 Å². The smallest absolute Gasteiger partial charge is 0.264 e. The number of nitrogens with zero attached hydrogens (tertiary/aromatic N) is 1. The van der Waals surface area contributed by atoms with Gasteiger partial charge in [0.25, 0.3) is 10.0 Å². The predicted molar refractivity (Wildman–Crippen MR) is 122 cm³/mol. The molecule has 0 unspecified atom stereocenters. The van der Waals surface area contributed by atoms with E-state index in [9.17, 15) is 13.2 Å². The largest absolute Gasteiger partial charge is 0.324 e. The van der Waals surface area contributed by atoms with Gasteiger partial charge in [0.1, 0.15) is 6.54 Å². The number of sulfonamides is 1. The molecule has 0 radical (unpaired) electrons. The third kappa shape index (κ3) is 5.14. The summed E-state index contributed by atoms with van der Waals surface area (Å²) in [6.07, 6.45) is 0. The number of aryl methyl sites for hydroxylation is 2. The van der Waals surface area contributed by atoms with E-state index in [1.54, 1.807) is 42.5 Å². The fourth-order valence-corrected chi connectivity index (χ4v) is 5.09. The van der Waals surface area contributed by atoms with Crippen LogP contribution in [0.1, 0.15) is 11.1 Å². The molecular formula is C22H20Cl2N2O3S. The molecule has 0 aliphatic rings. The highest BCUT2D eigenvalue weighted by atomic mass is 35.5. The van der Waals surface area contributed by atoms with Crippen molar-refractivity contribution >= 4 is 50.5 Å². The summed E-state index contributed by atoms with van der Waals surface area (Å²) in [6.45, 7) is 3.32. The van der Waals surface area contributed by atoms with Crippen molar-refractivity contribution in [2.24, 2.45) is 0 Å². The summed E-state index contributed by atoms with van der Waals surface area (Å²) in [5.41, 5.74) is 2.55. The average molecular weight is 463 g/mol. The first kappa shape index (κ1) is 22.2. The molecule has 8 heteroatoms. The molecule has 30 heavy (non-hydrogen) atoms. The molecule has 1 N–H and O–H groups in total. The molecule has 0 atom stereocenters. The van der Waals surface area contributed by atoms with Gasteiger partial charge in [0.15, 0.2) is 0 Å². The topological polar surface area (TPSA) is 66.5 Å². The lowest BCUT2D eigenvalue weighted by Gasteiger charge is -2.26. The van der Waals surface area contributed by atoms with Crippen LogP contribution in [0.5, 0.6) is 0 Å². The van der Waals surface area contributed by atoms with Crippen LogP contribution in [-0.4, -0.2) is 20.9 Å². The molecule has 3 aromatic rings. The third-order valence-corrected chi connectivity index (χ3v) is 6.60. The van der Waals surface area contributed by atoms with Crippen molar-refractivity contribution in [2.75, 3.05) is 16.2 Å². The molecule has 0 aromatic heterocycles. The van der Waals surface area contributed by atoms with Crippen molar-refractivity contribution in [3.63, 3.8) is 0 Å². The standard InChI is InChI=1S/C22H20Cl2N2O3S/c1-15-8-9-21(16(2)10-15)26(30(28,29)20-6-4-3-5-7-20)14-22(27)25-19-12-17(23)11-18(24)13-19/h3-13H,14H2,1-2H3,(H,25,27). The minimum absolute atomic E-state index is 0.101. The molecule has 0 aliphatic heterocycles. The second kappa shape index (κ2) is 9.08. The van der Waals surface area contributed by atoms with Crippen LogP contribution in [-0.2, 0) is 14.8 Å². The van der Waals surface area contributed by atoms with Gasteiger partial charge in [-0.2, -0.15) is 0 Å². The number of nitrogens with one attached hydrogen (secondary N) is 1. The minimum atomic E-state index is -3.97. The Balaban J connectivity index is 1.98. The molecule has 5 nitrogen and oxygen atoms in total. The van der Waals surface area contributed by atoms with E-state index < -0.39 is 22.5 Å². The van der Waals surface area contributed by atoms with E-state index in [-0.39, 0.29) is 4.90 Å². The number of benzene rings is 3. The van der Waals surface area contributed by atoms with Crippen LogP contribution in [0.4, 0.5) is 11.4 Å². The molecule has 0 saturated carbocycles. The minimum Gasteiger partial charge on any atom is -0.324 e. The highest BCUT2D eigenvalue weighted by molar-refractivity contribution is 7.92. The summed E-state index contributed by atoms with van der Waals surface area (Å²) >= 11 is 12.0. The monoisotopic (exact) mass is 462 g/mol. The second-order valence-corrected chi connectivity index (χ2v) is 9.56. The van der Waals surface area contributed by atoms with E-state index >= 15 is 0 Å². The van der Waals surface area contributed by atoms with Gasteiger partial charge >= 0.3 is 0 Å². The van der Waals surface area contributed by atoms with E-state index in [1.165, 1.54) is 12.1 Å². The summed E-state index contributed by atoms with van der Waals surface area (Å²) in [4.78, 5) is 12.9. The molecule has 0 heterocycles. The van der Waals surface area contributed by atoms with Gasteiger partial charge in [-0.25, -0.2) is 8.42 Å². The zero-order valence-corrected chi connectivity index (χ0v) is 18.7. The maximum Gasteiger partial charge on any atom is 0.264 e. The van der Waals surface area contributed by atoms with Crippen molar-refractivity contribution in [1.29, 1.82) is 0 Å². The molecule has 0 aliphatic carbocycles. The van der Waals surface area contributed by atoms with Crippen molar-refractivity contribution in [3.8, 4) is 0 Å². The van der Waals surface area contributed by atoms with Crippen molar-refractivity contribution < 1.29 is 13.2 Å². The maximum atomic E-state index is 13.4. The summed E-state index contributed by atoms with van der Waals surface area (Å²) in [6, 6.07) is 18.0. The number of carbonyl (C=O) groups excluding carboxylic acids is 1. The molecule has 156 valence electrons. The second-order valence-electron chi connectivity index (χ2n) is 6.82. The van der Waals surface area contributed by atoms with E-state index in [2.05, 4.69) is 5.32 Å². The highest BCUT2D eigenvalue weighted by Crippen LogP contribution is 2.28. The van der Waals surface area contributed by atoms with Gasteiger partial charge in [0, 0.05) is 15.7 Å². The van der Waals surface area contributed by atoms with Gasteiger partial charge in [-0.1, -0.05) is 59.1 Å². The van der Waals surface area contributed by atoms with Crippen molar-refractivity contribution in [3.05, 3.63) is 87.9 Å². The van der Waals surface area contributed by atoms with Crippen LogP contribution in [0.2, 0.25) is 10.0 Å². The Hall–Kier alpha value is -2.54. The van der Waals surface area contributed by atoms with E-state index in [0.717, 1.165) is 15.4 Å². The number of hydrogen-bond donors (Lipinski definition) is 1. The Labute approximate surface area is 186 Å². The molecule has 0 saturated heterocycles. The fourth-order valence-electron chi connectivity index (χ4n) is 3.06. The van der Waals surface area contributed by atoms with E-state index in [0.29, 0.717) is 21.4 Å². The van der Waals surface area contributed by atoms with Gasteiger partial charge in [-0.05, 0) is 55.8 Å². The lowest BCUT2D eigenvalue weighted by Crippen LogP contribution is -2.38. The van der Waals surface area contributed by atoms with Crippen LogP contribution < -0.4 is 9.62 Å². The quantitative estimate of drug-likeness (QED) is 0.529.